The highest BCUT2D eigenvalue weighted by atomic mass is 35.5. The van der Waals surface area contributed by atoms with Crippen molar-refractivity contribution >= 4 is 47.2 Å². The first kappa shape index (κ1) is 15.4. The summed E-state index contributed by atoms with van der Waals surface area (Å²) in [5.74, 6) is -0.630. The van der Waals surface area contributed by atoms with Crippen molar-refractivity contribution in [3.63, 3.8) is 0 Å². The van der Waals surface area contributed by atoms with Crippen LogP contribution in [0.2, 0.25) is 10.0 Å². The molecule has 2 aromatic carbocycles. The lowest BCUT2D eigenvalue weighted by Crippen LogP contribution is -2.15. The van der Waals surface area contributed by atoms with Crippen LogP contribution in [-0.4, -0.2) is 17.4 Å². The Morgan fingerprint density at radius 1 is 1.14 bits per heavy atom. The summed E-state index contributed by atoms with van der Waals surface area (Å²) in [6.07, 6.45) is -0.0573. The van der Waals surface area contributed by atoms with Crippen LogP contribution in [0.25, 0.3) is 0 Å². The summed E-state index contributed by atoms with van der Waals surface area (Å²) in [6, 6.07) is 12.3. The Kier molecular flexibility index (Phi) is 4.83. The van der Waals surface area contributed by atoms with Crippen LogP contribution in [0.1, 0.15) is 5.56 Å². The minimum atomic E-state index is -0.630. The van der Waals surface area contributed by atoms with Gasteiger partial charge in [-0.2, -0.15) is 0 Å². The van der Waals surface area contributed by atoms with Gasteiger partial charge >= 0.3 is 5.91 Å². The Morgan fingerprint density at radius 3 is 2.38 bits per heavy atom. The Labute approximate surface area is 132 Å². The summed E-state index contributed by atoms with van der Waals surface area (Å²) in [5, 5.41) is 14.9. The second-order valence-electron chi connectivity index (χ2n) is 4.33. The topological polar surface area (TPSA) is 55.2 Å². The van der Waals surface area contributed by atoms with E-state index in [1.54, 1.807) is 42.5 Å². The van der Waals surface area contributed by atoms with Crippen molar-refractivity contribution in [3.8, 4) is 0 Å². The molecule has 6 heteroatoms. The van der Waals surface area contributed by atoms with Crippen LogP contribution < -0.4 is 5.32 Å². The number of hydroxylamine groups is 1. The quantitative estimate of drug-likeness (QED) is 0.400. The first-order chi connectivity index (χ1) is 9.99. The van der Waals surface area contributed by atoms with Gasteiger partial charge in [0.15, 0.2) is 0 Å². The summed E-state index contributed by atoms with van der Waals surface area (Å²) in [4.78, 5) is 11.5. The van der Waals surface area contributed by atoms with Crippen molar-refractivity contribution in [3.05, 3.63) is 63.3 Å². The van der Waals surface area contributed by atoms with Gasteiger partial charge in [-0.05, 0) is 23.8 Å². The molecule has 0 fully saturated rings. The average Bonchev–Trinajstić information content (AvgIpc) is 2.44. The number of halogens is 2. The van der Waals surface area contributed by atoms with Gasteiger partial charge < -0.3 is 10.5 Å². The number of carbonyl (C=O) groups is 1. The first-order valence-electron chi connectivity index (χ1n) is 6.08. The van der Waals surface area contributed by atoms with Crippen molar-refractivity contribution in [2.24, 2.45) is 0 Å². The van der Waals surface area contributed by atoms with Gasteiger partial charge in [0, 0.05) is 5.69 Å². The monoisotopic (exact) mass is 322 g/mol. The number of benzene rings is 2. The third kappa shape index (κ3) is 3.74. The van der Waals surface area contributed by atoms with Crippen LogP contribution in [0.5, 0.6) is 0 Å². The molecule has 1 amide bonds. The summed E-state index contributed by atoms with van der Waals surface area (Å²) < 4.78 is 0.0687. The molecule has 0 radical (unpaired) electrons. The van der Waals surface area contributed by atoms with Crippen LogP contribution in [-0.2, 0) is 11.2 Å². The number of amides is 1. The van der Waals surface area contributed by atoms with Crippen LogP contribution >= 0.6 is 23.2 Å². The molecule has 0 saturated carbocycles. The fourth-order valence-electron chi connectivity index (χ4n) is 1.80. The standard InChI is InChI=1S/C15H12Cl2N2O2/c1-19(21)14(20)9-10-5-2-3-8-13(10)18-15-11(16)6-4-7-12(15)17/h2-8,18H,1,9H2. The normalized spacial score (nSPS) is 10.2. The Morgan fingerprint density at radius 2 is 1.76 bits per heavy atom. The molecule has 0 spiro atoms. The summed E-state index contributed by atoms with van der Waals surface area (Å²) in [5.41, 5.74) is 1.86. The van der Waals surface area contributed by atoms with Gasteiger partial charge in [-0.1, -0.05) is 47.5 Å². The largest absolute Gasteiger partial charge is 0.617 e. The van der Waals surface area contributed by atoms with Crippen molar-refractivity contribution < 1.29 is 9.53 Å². The van der Waals surface area contributed by atoms with Gasteiger partial charge in [0.25, 0.3) is 0 Å². The lowest BCUT2D eigenvalue weighted by Gasteiger charge is -2.13. The zero-order valence-corrected chi connectivity index (χ0v) is 12.5. The molecule has 0 unspecified atom stereocenters. The molecule has 0 atom stereocenters. The Bertz CT molecular complexity index is 682. The number of hydrogen-bond acceptors (Lipinski definition) is 3. The molecule has 2 rings (SSSR count). The molecule has 0 aliphatic heterocycles. The third-order valence-electron chi connectivity index (χ3n) is 2.86. The van der Waals surface area contributed by atoms with Gasteiger partial charge in [0.1, 0.15) is 13.1 Å². The van der Waals surface area contributed by atoms with Crippen molar-refractivity contribution in [2.45, 2.75) is 6.42 Å². The Hall–Kier alpha value is -2.04. The van der Waals surface area contributed by atoms with Gasteiger partial charge in [-0.15, -0.1) is 4.74 Å². The van der Waals surface area contributed by atoms with Crippen LogP contribution in [0.4, 0.5) is 11.4 Å². The van der Waals surface area contributed by atoms with E-state index in [2.05, 4.69) is 12.0 Å². The lowest BCUT2D eigenvalue weighted by atomic mass is 10.1. The number of anilines is 2. The molecule has 4 nitrogen and oxygen atoms in total. The molecule has 0 aliphatic rings. The minimum absolute atomic E-state index is 0.0573. The van der Waals surface area contributed by atoms with Gasteiger partial charge in [0.05, 0.1) is 15.7 Å². The molecule has 1 N–H and O–H groups in total. The van der Waals surface area contributed by atoms with Gasteiger partial charge in [-0.25, -0.2) is 4.79 Å². The minimum Gasteiger partial charge on any atom is -0.617 e. The summed E-state index contributed by atoms with van der Waals surface area (Å²) in [6.45, 7) is 3.04. The van der Waals surface area contributed by atoms with E-state index in [9.17, 15) is 10.0 Å². The molecule has 0 heterocycles. The highest BCUT2D eigenvalue weighted by Crippen LogP contribution is 2.33. The molecule has 21 heavy (non-hydrogen) atoms. The number of rotatable bonds is 4. The molecule has 0 aliphatic carbocycles. The Balaban J connectivity index is 2.33. The van der Waals surface area contributed by atoms with E-state index in [-0.39, 0.29) is 11.2 Å². The van der Waals surface area contributed by atoms with E-state index in [0.717, 1.165) is 0 Å². The SMILES string of the molecule is C=[N+]([O-])C(=O)Cc1ccccc1Nc1c(Cl)cccc1Cl. The number of para-hydroxylation sites is 2. The van der Waals surface area contributed by atoms with Crippen molar-refractivity contribution in [2.75, 3.05) is 5.32 Å². The van der Waals surface area contributed by atoms with E-state index in [0.29, 0.717) is 27.0 Å². The zero-order chi connectivity index (χ0) is 15.4. The second-order valence-corrected chi connectivity index (χ2v) is 5.14. The molecular weight excluding hydrogens is 311 g/mol. The maximum atomic E-state index is 11.5. The van der Waals surface area contributed by atoms with E-state index in [1.807, 2.05) is 0 Å². The molecular formula is C15H12Cl2N2O2. The molecule has 0 aromatic heterocycles. The van der Waals surface area contributed by atoms with Crippen LogP contribution in [0.3, 0.4) is 0 Å². The predicted molar refractivity (Wildman–Crippen MR) is 85.6 cm³/mol. The highest BCUT2D eigenvalue weighted by molar-refractivity contribution is 6.39. The van der Waals surface area contributed by atoms with Crippen LogP contribution in [0, 0.1) is 5.21 Å². The zero-order valence-electron chi connectivity index (χ0n) is 11.0. The number of hydrogen-bond donors (Lipinski definition) is 1. The number of nitrogens with zero attached hydrogens (tertiary/aromatic N) is 1. The maximum absolute atomic E-state index is 11.5. The first-order valence-corrected chi connectivity index (χ1v) is 6.84. The van der Waals surface area contributed by atoms with E-state index in [1.165, 1.54) is 0 Å². The van der Waals surface area contributed by atoms with E-state index in [4.69, 9.17) is 23.2 Å². The van der Waals surface area contributed by atoms with Gasteiger partial charge in [0.2, 0.25) is 0 Å². The number of nitrogens with one attached hydrogen (secondary N) is 1. The molecule has 2 aromatic rings. The van der Waals surface area contributed by atoms with Crippen molar-refractivity contribution in [1.29, 1.82) is 0 Å². The fraction of sp³-hybridized carbons (Fsp3) is 0.0667. The maximum Gasteiger partial charge on any atom is 0.401 e. The predicted octanol–water partition coefficient (Wildman–Crippen LogP) is 4.02. The lowest BCUT2D eigenvalue weighted by molar-refractivity contribution is -0.373. The van der Waals surface area contributed by atoms with Crippen molar-refractivity contribution in [1.82, 2.24) is 0 Å². The fourth-order valence-corrected chi connectivity index (χ4v) is 2.29. The second kappa shape index (κ2) is 6.61. The summed E-state index contributed by atoms with van der Waals surface area (Å²) in [7, 11) is 0. The third-order valence-corrected chi connectivity index (χ3v) is 3.49. The van der Waals surface area contributed by atoms with Crippen LogP contribution in [0.15, 0.2) is 42.5 Å². The van der Waals surface area contributed by atoms with E-state index < -0.39 is 5.91 Å². The highest BCUT2D eigenvalue weighted by Gasteiger charge is 2.14. The molecule has 108 valence electrons. The smallest absolute Gasteiger partial charge is 0.401 e. The molecule has 0 saturated heterocycles. The van der Waals surface area contributed by atoms with E-state index >= 15 is 0 Å². The number of carbonyl (C=O) groups excluding carboxylic acids is 1. The average molecular weight is 323 g/mol. The van der Waals surface area contributed by atoms with Gasteiger partial charge in [-0.3, -0.25) is 0 Å². The summed E-state index contributed by atoms with van der Waals surface area (Å²) >= 11 is 12.2. The molecule has 0 bridgehead atoms.